The van der Waals surface area contributed by atoms with E-state index in [-0.39, 0.29) is 0 Å². The number of imidazole rings is 1. The standard InChI is InChI=1S/C24H37N7O/c1-5-32-18-21-27-22-23(31(21)17-16-30-12-10-25-11-13-30)19-8-6-7-9-20(19)26-24(22)29(4)15-14-28(2)3/h6-9,25H,5,10-18H2,1-4H3. The maximum atomic E-state index is 5.83. The van der Waals surface area contributed by atoms with Crippen LogP contribution in [0.2, 0.25) is 0 Å². The third kappa shape index (κ3) is 5.04. The Morgan fingerprint density at radius 3 is 2.56 bits per heavy atom. The van der Waals surface area contributed by atoms with Crippen LogP contribution in [-0.4, -0.2) is 97.9 Å². The summed E-state index contributed by atoms with van der Waals surface area (Å²) in [4.78, 5) is 17.1. The summed E-state index contributed by atoms with van der Waals surface area (Å²) in [6.45, 7) is 11.3. The summed E-state index contributed by atoms with van der Waals surface area (Å²) in [5.41, 5.74) is 3.16. The number of para-hydroxylation sites is 1. The van der Waals surface area contributed by atoms with Crippen molar-refractivity contribution in [2.24, 2.45) is 0 Å². The number of nitrogens with zero attached hydrogens (tertiary/aromatic N) is 6. The second kappa shape index (κ2) is 10.6. The van der Waals surface area contributed by atoms with Crippen LogP contribution in [0.3, 0.4) is 0 Å². The molecule has 1 aromatic carbocycles. The van der Waals surface area contributed by atoms with Gasteiger partial charge in [-0.15, -0.1) is 0 Å². The van der Waals surface area contributed by atoms with Gasteiger partial charge in [-0.2, -0.15) is 0 Å². The topological polar surface area (TPSA) is 61.7 Å². The highest BCUT2D eigenvalue weighted by molar-refractivity contribution is 6.07. The second-order valence-corrected chi connectivity index (χ2v) is 8.78. The number of ether oxygens (including phenoxy) is 1. The van der Waals surface area contributed by atoms with Crippen molar-refractivity contribution in [1.82, 2.24) is 29.7 Å². The molecule has 3 heterocycles. The van der Waals surface area contributed by atoms with E-state index < -0.39 is 0 Å². The minimum absolute atomic E-state index is 0.516. The lowest BCUT2D eigenvalue weighted by Crippen LogP contribution is -2.44. The lowest BCUT2D eigenvalue weighted by atomic mass is 10.1. The third-order valence-corrected chi connectivity index (χ3v) is 6.17. The van der Waals surface area contributed by atoms with Gasteiger partial charge in [0.2, 0.25) is 0 Å². The lowest BCUT2D eigenvalue weighted by molar-refractivity contribution is 0.125. The van der Waals surface area contributed by atoms with Crippen LogP contribution in [0.1, 0.15) is 12.7 Å². The maximum Gasteiger partial charge on any atom is 0.157 e. The van der Waals surface area contributed by atoms with E-state index in [1.807, 2.05) is 6.92 Å². The SMILES string of the molecule is CCOCc1nc2c(N(C)CCN(C)C)nc3ccccc3c2n1CCN1CCNCC1. The summed E-state index contributed by atoms with van der Waals surface area (Å²) in [6.07, 6.45) is 0. The first kappa shape index (κ1) is 22.9. The number of hydrogen-bond donors (Lipinski definition) is 1. The molecule has 0 spiro atoms. The number of anilines is 1. The summed E-state index contributed by atoms with van der Waals surface area (Å²) in [5, 5.41) is 4.60. The van der Waals surface area contributed by atoms with E-state index in [4.69, 9.17) is 14.7 Å². The molecule has 1 N–H and O–H groups in total. The summed E-state index contributed by atoms with van der Waals surface area (Å²) in [6, 6.07) is 8.43. The molecule has 174 valence electrons. The molecule has 8 heteroatoms. The van der Waals surface area contributed by atoms with Crippen LogP contribution in [0, 0.1) is 0 Å². The molecular formula is C24H37N7O. The third-order valence-electron chi connectivity index (χ3n) is 6.17. The molecule has 1 fully saturated rings. The van der Waals surface area contributed by atoms with Gasteiger partial charge in [0, 0.05) is 71.4 Å². The monoisotopic (exact) mass is 439 g/mol. The maximum absolute atomic E-state index is 5.83. The Morgan fingerprint density at radius 1 is 1.03 bits per heavy atom. The Balaban J connectivity index is 1.79. The van der Waals surface area contributed by atoms with Gasteiger partial charge >= 0.3 is 0 Å². The Hall–Kier alpha value is -2.26. The normalized spacial score (nSPS) is 15.3. The second-order valence-electron chi connectivity index (χ2n) is 8.78. The van der Waals surface area contributed by atoms with Crippen LogP contribution in [0.25, 0.3) is 21.9 Å². The molecule has 0 bridgehead atoms. The molecule has 4 rings (SSSR count). The zero-order valence-electron chi connectivity index (χ0n) is 20.0. The first-order valence-electron chi connectivity index (χ1n) is 11.7. The Labute approximate surface area is 191 Å². The Morgan fingerprint density at radius 2 is 1.81 bits per heavy atom. The van der Waals surface area contributed by atoms with Crippen LogP contribution in [0.15, 0.2) is 24.3 Å². The molecule has 1 aliphatic heterocycles. The molecule has 1 saturated heterocycles. The summed E-state index contributed by atoms with van der Waals surface area (Å²) < 4.78 is 8.20. The lowest BCUT2D eigenvalue weighted by Gasteiger charge is -2.27. The molecule has 2 aromatic heterocycles. The van der Waals surface area contributed by atoms with E-state index in [9.17, 15) is 0 Å². The van der Waals surface area contributed by atoms with Crippen molar-refractivity contribution < 1.29 is 4.74 Å². The minimum Gasteiger partial charge on any atom is -0.374 e. The van der Waals surface area contributed by atoms with E-state index in [1.165, 1.54) is 5.52 Å². The van der Waals surface area contributed by atoms with Crippen molar-refractivity contribution >= 4 is 27.8 Å². The molecule has 0 unspecified atom stereocenters. The number of rotatable bonds is 10. The number of likely N-dealkylation sites (N-methyl/N-ethyl adjacent to an activating group) is 2. The number of benzene rings is 1. The summed E-state index contributed by atoms with van der Waals surface area (Å²) in [7, 11) is 6.31. The fourth-order valence-corrected chi connectivity index (χ4v) is 4.31. The van der Waals surface area contributed by atoms with Crippen LogP contribution >= 0.6 is 0 Å². The van der Waals surface area contributed by atoms with E-state index in [1.54, 1.807) is 0 Å². The summed E-state index contributed by atoms with van der Waals surface area (Å²) >= 11 is 0. The molecule has 1 aliphatic rings. The van der Waals surface area contributed by atoms with Gasteiger partial charge in [-0.05, 0) is 27.1 Å². The van der Waals surface area contributed by atoms with E-state index >= 15 is 0 Å². The van der Waals surface area contributed by atoms with Gasteiger partial charge in [-0.1, -0.05) is 18.2 Å². The zero-order chi connectivity index (χ0) is 22.5. The number of piperazine rings is 1. The van der Waals surface area contributed by atoms with Crippen LogP contribution in [0.4, 0.5) is 5.82 Å². The smallest absolute Gasteiger partial charge is 0.157 e. The number of nitrogens with one attached hydrogen (secondary N) is 1. The van der Waals surface area contributed by atoms with Crippen molar-refractivity contribution in [2.75, 3.05) is 78.5 Å². The summed E-state index contributed by atoms with van der Waals surface area (Å²) in [5.74, 6) is 1.93. The van der Waals surface area contributed by atoms with Gasteiger partial charge in [-0.3, -0.25) is 4.90 Å². The molecule has 0 aliphatic carbocycles. The number of pyridine rings is 1. The predicted molar refractivity (Wildman–Crippen MR) is 131 cm³/mol. The molecule has 0 amide bonds. The molecule has 0 atom stereocenters. The van der Waals surface area contributed by atoms with Crippen molar-refractivity contribution in [3.8, 4) is 0 Å². The van der Waals surface area contributed by atoms with Crippen LogP contribution in [0.5, 0.6) is 0 Å². The average Bonchev–Trinajstić information content (AvgIpc) is 3.18. The van der Waals surface area contributed by atoms with Gasteiger partial charge < -0.3 is 24.4 Å². The fraction of sp³-hybridized carbons (Fsp3) is 0.583. The van der Waals surface area contributed by atoms with E-state index in [0.29, 0.717) is 13.2 Å². The van der Waals surface area contributed by atoms with Crippen LogP contribution in [-0.2, 0) is 17.9 Å². The molecule has 3 aromatic rings. The molecule has 0 saturated carbocycles. The first-order valence-corrected chi connectivity index (χ1v) is 11.7. The fourth-order valence-electron chi connectivity index (χ4n) is 4.31. The van der Waals surface area contributed by atoms with Crippen molar-refractivity contribution in [1.29, 1.82) is 0 Å². The van der Waals surface area contributed by atoms with Crippen molar-refractivity contribution in [3.63, 3.8) is 0 Å². The van der Waals surface area contributed by atoms with Crippen molar-refractivity contribution in [2.45, 2.75) is 20.1 Å². The Kier molecular flexibility index (Phi) is 7.57. The van der Waals surface area contributed by atoms with Crippen LogP contribution < -0.4 is 10.2 Å². The number of hydrogen-bond acceptors (Lipinski definition) is 7. The van der Waals surface area contributed by atoms with Crippen molar-refractivity contribution in [3.05, 3.63) is 30.1 Å². The van der Waals surface area contributed by atoms with Gasteiger partial charge in [0.25, 0.3) is 0 Å². The molecule has 32 heavy (non-hydrogen) atoms. The van der Waals surface area contributed by atoms with Gasteiger partial charge in [0.05, 0.1) is 11.0 Å². The highest BCUT2D eigenvalue weighted by Crippen LogP contribution is 2.32. The molecule has 0 radical (unpaired) electrons. The van der Waals surface area contributed by atoms with E-state index in [0.717, 1.165) is 80.4 Å². The quantitative estimate of drug-likeness (QED) is 0.519. The van der Waals surface area contributed by atoms with E-state index in [2.05, 4.69) is 70.0 Å². The number of aromatic nitrogens is 3. The highest BCUT2D eigenvalue weighted by Gasteiger charge is 2.21. The Bertz CT molecular complexity index is 1030. The number of fused-ring (bicyclic) bond motifs is 3. The molecular weight excluding hydrogens is 402 g/mol. The van der Waals surface area contributed by atoms with Gasteiger partial charge in [0.1, 0.15) is 17.9 Å². The minimum atomic E-state index is 0.516. The highest BCUT2D eigenvalue weighted by atomic mass is 16.5. The zero-order valence-corrected chi connectivity index (χ0v) is 20.0. The first-order chi connectivity index (χ1) is 15.6. The predicted octanol–water partition coefficient (Wildman–Crippen LogP) is 2.02. The van der Waals surface area contributed by atoms with Gasteiger partial charge in [0.15, 0.2) is 5.82 Å². The van der Waals surface area contributed by atoms with Gasteiger partial charge in [-0.25, -0.2) is 9.97 Å². The molecule has 8 nitrogen and oxygen atoms in total. The average molecular weight is 440 g/mol. The largest absolute Gasteiger partial charge is 0.374 e.